The van der Waals surface area contributed by atoms with Gasteiger partial charge in [0.25, 0.3) is 0 Å². The first kappa shape index (κ1) is 22.3. The monoisotopic (exact) mass is 434 g/mol. The number of nitrogens with one attached hydrogen (secondary N) is 2. The van der Waals surface area contributed by atoms with Gasteiger partial charge in [-0.2, -0.15) is 5.10 Å². The summed E-state index contributed by atoms with van der Waals surface area (Å²) in [5, 5.41) is 18.1. The number of para-hydroxylation sites is 1. The van der Waals surface area contributed by atoms with Gasteiger partial charge in [0.05, 0.1) is 18.2 Å². The first-order valence-corrected chi connectivity index (χ1v) is 9.66. The van der Waals surface area contributed by atoms with Gasteiger partial charge in [-0.05, 0) is 30.7 Å². The minimum Gasteiger partial charge on any atom is -0.493 e. The molecule has 0 heterocycles. The van der Waals surface area contributed by atoms with Gasteiger partial charge in [0.15, 0.2) is 5.75 Å². The summed E-state index contributed by atoms with van der Waals surface area (Å²) < 4.78 is 11.0. The Morgan fingerprint density at radius 2 is 1.91 bits per heavy atom. The van der Waals surface area contributed by atoms with Crippen LogP contribution in [0.1, 0.15) is 16.7 Å². The summed E-state index contributed by atoms with van der Waals surface area (Å²) in [6, 6.07) is 18.8. The summed E-state index contributed by atoms with van der Waals surface area (Å²) in [7, 11) is 1.39. The number of urea groups is 1. The van der Waals surface area contributed by atoms with E-state index in [9.17, 15) is 14.9 Å². The number of hydrogen-bond donors (Lipinski definition) is 2. The highest BCUT2D eigenvalue weighted by Gasteiger charge is 2.22. The molecule has 0 spiro atoms. The molecule has 0 radical (unpaired) electrons. The molecule has 2 N–H and O–H groups in total. The lowest BCUT2D eigenvalue weighted by atomic mass is 10.1. The molecule has 0 aliphatic heterocycles. The number of nitrogens with zero attached hydrogens (tertiary/aromatic N) is 2. The molecule has 164 valence electrons. The van der Waals surface area contributed by atoms with Crippen molar-refractivity contribution in [1.29, 1.82) is 0 Å². The molecule has 0 atom stereocenters. The average Bonchev–Trinajstić information content (AvgIpc) is 2.78. The zero-order chi connectivity index (χ0) is 22.9. The van der Waals surface area contributed by atoms with E-state index < -0.39 is 11.0 Å². The quantitative estimate of drug-likeness (QED) is 0.304. The molecule has 3 rings (SSSR count). The Hall–Kier alpha value is -4.40. The molecule has 0 fully saturated rings. The number of ether oxygens (including phenoxy) is 2. The van der Waals surface area contributed by atoms with Crippen LogP contribution >= 0.6 is 0 Å². The van der Waals surface area contributed by atoms with Gasteiger partial charge in [-0.3, -0.25) is 10.1 Å². The Labute approximate surface area is 184 Å². The van der Waals surface area contributed by atoms with Gasteiger partial charge in [-0.25, -0.2) is 10.2 Å². The second-order valence-electron chi connectivity index (χ2n) is 6.80. The van der Waals surface area contributed by atoms with Gasteiger partial charge in [-0.15, -0.1) is 0 Å². The smallest absolute Gasteiger partial charge is 0.339 e. The van der Waals surface area contributed by atoms with Crippen LogP contribution in [0.5, 0.6) is 11.5 Å². The number of hydrogen-bond acceptors (Lipinski definition) is 6. The first-order valence-electron chi connectivity index (χ1n) is 9.66. The van der Waals surface area contributed by atoms with Gasteiger partial charge < -0.3 is 14.8 Å². The third kappa shape index (κ3) is 6.05. The molecular formula is C23H22N4O5. The molecule has 32 heavy (non-hydrogen) atoms. The van der Waals surface area contributed by atoms with Crippen LogP contribution in [0.4, 0.5) is 16.2 Å². The molecule has 0 saturated heterocycles. The number of carbonyl (C=O) groups is 1. The molecule has 0 aliphatic rings. The van der Waals surface area contributed by atoms with E-state index in [0.29, 0.717) is 11.3 Å². The van der Waals surface area contributed by atoms with Crippen molar-refractivity contribution >= 4 is 23.6 Å². The molecule has 2 amide bonds. The molecule has 9 nitrogen and oxygen atoms in total. The summed E-state index contributed by atoms with van der Waals surface area (Å²) in [4.78, 5) is 23.0. The van der Waals surface area contributed by atoms with Crippen LogP contribution in [0.15, 0.2) is 71.8 Å². The van der Waals surface area contributed by atoms with Crippen LogP contribution < -0.4 is 20.2 Å². The molecule has 0 unspecified atom stereocenters. The first-order chi connectivity index (χ1) is 15.5. The number of nitro benzene ring substituents is 1. The minimum atomic E-state index is -0.555. The molecular weight excluding hydrogens is 412 g/mol. The molecule has 9 heteroatoms. The Morgan fingerprint density at radius 1 is 1.12 bits per heavy atom. The predicted molar refractivity (Wildman–Crippen MR) is 121 cm³/mol. The molecule has 0 saturated carbocycles. The number of aryl methyl sites for hydroxylation is 1. The van der Waals surface area contributed by atoms with Crippen molar-refractivity contribution in [3.05, 3.63) is 93.5 Å². The lowest BCUT2D eigenvalue weighted by molar-refractivity contribution is -0.386. The number of nitro groups is 1. The molecule has 3 aromatic carbocycles. The van der Waals surface area contributed by atoms with Gasteiger partial charge in [0.2, 0.25) is 5.75 Å². The number of amides is 2. The van der Waals surface area contributed by atoms with E-state index in [1.165, 1.54) is 19.4 Å². The number of hydrazone groups is 1. The fourth-order valence-corrected chi connectivity index (χ4v) is 2.92. The Morgan fingerprint density at radius 3 is 2.59 bits per heavy atom. The molecule has 0 aromatic heterocycles. The largest absolute Gasteiger partial charge is 0.493 e. The van der Waals surface area contributed by atoms with Gasteiger partial charge in [0, 0.05) is 17.3 Å². The number of anilines is 1. The maximum atomic E-state index is 11.9. The lowest BCUT2D eigenvalue weighted by Gasteiger charge is -2.12. The van der Waals surface area contributed by atoms with E-state index in [2.05, 4.69) is 15.8 Å². The lowest BCUT2D eigenvalue weighted by Crippen LogP contribution is -2.24. The van der Waals surface area contributed by atoms with Gasteiger partial charge in [-0.1, -0.05) is 48.0 Å². The van der Waals surface area contributed by atoms with Crippen LogP contribution in [0, 0.1) is 17.0 Å². The number of methoxy groups -OCH3 is 1. The predicted octanol–water partition coefficient (Wildman–Crippen LogP) is 4.65. The Kier molecular flexibility index (Phi) is 7.37. The van der Waals surface area contributed by atoms with E-state index in [1.54, 1.807) is 30.3 Å². The SMILES string of the molecule is COc1cc(/C=N/NC(=O)Nc2ccccc2)cc([N+](=O)[O-])c1OCc1cccc(C)c1. The number of carbonyl (C=O) groups excluding carboxylic acids is 1. The Balaban J connectivity index is 1.74. The highest BCUT2D eigenvalue weighted by Crippen LogP contribution is 2.38. The highest BCUT2D eigenvalue weighted by molar-refractivity contribution is 5.90. The summed E-state index contributed by atoms with van der Waals surface area (Å²) in [6.45, 7) is 2.10. The Bertz CT molecular complexity index is 1130. The topological polar surface area (TPSA) is 115 Å². The normalized spacial score (nSPS) is 10.6. The van der Waals surface area contributed by atoms with Crippen molar-refractivity contribution < 1.29 is 19.2 Å². The van der Waals surface area contributed by atoms with Crippen LogP contribution in [0.3, 0.4) is 0 Å². The summed E-state index contributed by atoms with van der Waals surface area (Å²) in [5.74, 6) is 0.202. The van der Waals surface area contributed by atoms with Crippen molar-refractivity contribution in [3.8, 4) is 11.5 Å². The van der Waals surface area contributed by atoms with E-state index >= 15 is 0 Å². The molecule has 3 aromatic rings. The van der Waals surface area contributed by atoms with E-state index in [4.69, 9.17) is 9.47 Å². The van der Waals surface area contributed by atoms with Crippen molar-refractivity contribution in [1.82, 2.24) is 5.43 Å². The van der Waals surface area contributed by atoms with Crippen LogP contribution in [-0.4, -0.2) is 24.3 Å². The maximum absolute atomic E-state index is 11.9. The number of rotatable bonds is 8. The van der Waals surface area contributed by atoms with E-state index in [-0.39, 0.29) is 23.8 Å². The zero-order valence-corrected chi connectivity index (χ0v) is 17.6. The fourth-order valence-electron chi connectivity index (χ4n) is 2.92. The standard InChI is InChI=1S/C23H22N4O5/c1-16-7-6-8-17(11-16)15-32-22-20(27(29)30)12-18(13-21(22)31-2)14-24-26-23(28)25-19-9-4-3-5-10-19/h3-14H,15H2,1-2H3,(H2,25,26,28)/b24-14+. The minimum absolute atomic E-state index is 0.0194. The van der Waals surface area contributed by atoms with Crippen molar-refractivity contribution in [2.24, 2.45) is 5.10 Å². The van der Waals surface area contributed by atoms with Crippen molar-refractivity contribution in [3.63, 3.8) is 0 Å². The third-order valence-corrected chi connectivity index (χ3v) is 4.35. The summed E-state index contributed by atoms with van der Waals surface area (Å²) >= 11 is 0. The maximum Gasteiger partial charge on any atom is 0.339 e. The van der Waals surface area contributed by atoms with Crippen molar-refractivity contribution in [2.75, 3.05) is 12.4 Å². The van der Waals surface area contributed by atoms with Gasteiger partial charge >= 0.3 is 11.7 Å². The second-order valence-corrected chi connectivity index (χ2v) is 6.80. The van der Waals surface area contributed by atoms with Crippen LogP contribution in [-0.2, 0) is 6.61 Å². The van der Waals surface area contributed by atoms with E-state index in [1.807, 2.05) is 37.3 Å². The van der Waals surface area contributed by atoms with Crippen LogP contribution in [0.25, 0.3) is 0 Å². The van der Waals surface area contributed by atoms with Crippen LogP contribution in [0.2, 0.25) is 0 Å². The summed E-state index contributed by atoms with van der Waals surface area (Å²) in [5.41, 5.74) is 4.93. The van der Waals surface area contributed by atoms with E-state index in [0.717, 1.165) is 11.1 Å². The number of benzene rings is 3. The second kappa shape index (κ2) is 10.6. The molecule has 0 bridgehead atoms. The third-order valence-electron chi connectivity index (χ3n) is 4.35. The van der Waals surface area contributed by atoms with Crippen molar-refractivity contribution in [2.45, 2.75) is 13.5 Å². The fraction of sp³-hybridized carbons (Fsp3) is 0.130. The highest BCUT2D eigenvalue weighted by atomic mass is 16.6. The average molecular weight is 434 g/mol. The summed E-state index contributed by atoms with van der Waals surface area (Å²) in [6.07, 6.45) is 1.28. The van der Waals surface area contributed by atoms with Gasteiger partial charge in [0.1, 0.15) is 6.61 Å². The molecule has 0 aliphatic carbocycles. The zero-order valence-electron chi connectivity index (χ0n) is 17.6.